The second-order valence-electron chi connectivity index (χ2n) is 3.13. The maximum Gasteiger partial charge on any atom is 1.00 e. The van der Waals surface area contributed by atoms with E-state index in [0.717, 1.165) is 6.20 Å². The SMILES string of the molecule is C=C(Cn1ccc(C(F)(F)F)n1)[B-](F)(F)F.[K+]. The van der Waals surface area contributed by atoms with Gasteiger partial charge in [0.05, 0.1) is 0 Å². The summed E-state index contributed by atoms with van der Waals surface area (Å²) in [6, 6.07) is 0.608. The zero-order valence-corrected chi connectivity index (χ0v) is 11.9. The van der Waals surface area contributed by atoms with Gasteiger partial charge in [0.1, 0.15) is 0 Å². The van der Waals surface area contributed by atoms with E-state index in [1.807, 2.05) is 0 Å². The van der Waals surface area contributed by atoms with Crippen LogP contribution in [-0.2, 0) is 12.7 Å². The van der Waals surface area contributed by atoms with Crippen molar-refractivity contribution in [2.75, 3.05) is 0 Å². The Morgan fingerprint density at radius 3 is 2.24 bits per heavy atom. The second-order valence-corrected chi connectivity index (χ2v) is 3.13. The molecule has 0 aliphatic rings. The van der Waals surface area contributed by atoms with Crippen LogP contribution in [0.1, 0.15) is 5.69 Å². The van der Waals surface area contributed by atoms with Crippen LogP contribution in [0.3, 0.4) is 0 Å². The first kappa shape index (κ1) is 17.2. The topological polar surface area (TPSA) is 17.8 Å². The quantitative estimate of drug-likeness (QED) is 0.557. The monoisotopic (exact) mass is 282 g/mol. The van der Waals surface area contributed by atoms with Gasteiger partial charge in [-0.1, -0.05) is 0 Å². The van der Waals surface area contributed by atoms with Crippen LogP contribution in [0.25, 0.3) is 0 Å². The number of allylic oxidation sites excluding steroid dienone is 1. The van der Waals surface area contributed by atoms with E-state index >= 15 is 0 Å². The minimum absolute atomic E-state index is 0. The van der Waals surface area contributed by atoms with Crippen molar-refractivity contribution in [3.05, 3.63) is 30.0 Å². The molecule has 17 heavy (non-hydrogen) atoms. The van der Waals surface area contributed by atoms with Gasteiger partial charge in [-0.25, -0.2) is 0 Å². The van der Waals surface area contributed by atoms with E-state index in [4.69, 9.17) is 0 Å². The van der Waals surface area contributed by atoms with Gasteiger partial charge in [-0.05, 0) is 6.07 Å². The Labute approximate surface area is 136 Å². The number of nitrogens with zero attached hydrogens (tertiary/aromatic N) is 2. The first-order chi connectivity index (χ1) is 7.10. The summed E-state index contributed by atoms with van der Waals surface area (Å²) in [6.45, 7) is -3.30. The first-order valence-electron chi connectivity index (χ1n) is 4.09. The van der Waals surface area contributed by atoms with Crippen LogP contribution in [0, 0.1) is 0 Å². The zero-order chi connectivity index (χ0) is 12.6. The molecule has 0 bridgehead atoms. The summed E-state index contributed by atoms with van der Waals surface area (Å²) in [5.41, 5.74) is -2.33. The maximum atomic E-state index is 12.1. The molecule has 2 nitrogen and oxygen atoms in total. The first-order valence-corrected chi connectivity index (χ1v) is 4.09. The fraction of sp³-hybridized carbons (Fsp3) is 0.286. The van der Waals surface area contributed by atoms with Crippen LogP contribution in [-0.4, -0.2) is 16.8 Å². The molecule has 0 radical (unpaired) electrons. The van der Waals surface area contributed by atoms with E-state index in [1.165, 1.54) is 0 Å². The van der Waals surface area contributed by atoms with Crippen LogP contribution < -0.4 is 51.4 Å². The Kier molecular flexibility index (Phi) is 6.00. The van der Waals surface area contributed by atoms with Crippen LogP contribution in [0.5, 0.6) is 0 Å². The molecule has 90 valence electrons. The number of aromatic nitrogens is 2. The number of rotatable bonds is 3. The van der Waals surface area contributed by atoms with Crippen molar-refractivity contribution in [2.45, 2.75) is 12.7 Å². The molecule has 0 aliphatic heterocycles. The van der Waals surface area contributed by atoms with Gasteiger partial charge in [0.25, 0.3) is 0 Å². The molecule has 0 N–H and O–H groups in total. The molecule has 0 saturated heterocycles. The molecule has 0 atom stereocenters. The largest absolute Gasteiger partial charge is 1.00 e. The third kappa shape index (κ3) is 5.16. The van der Waals surface area contributed by atoms with E-state index in [1.54, 1.807) is 0 Å². The van der Waals surface area contributed by atoms with Gasteiger partial charge >= 0.3 is 64.5 Å². The predicted octanol–water partition coefficient (Wildman–Crippen LogP) is -0.151. The fourth-order valence-corrected chi connectivity index (χ4v) is 0.913. The van der Waals surface area contributed by atoms with Gasteiger partial charge in [-0.15, -0.1) is 12.1 Å². The summed E-state index contributed by atoms with van der Waals surface area (Å²) >= 11 is 0. The van der Waals surface area contributed by atoms with Crippen LogP contribution in [0.2, 0.25) is 0 Å². The number of hydrogen-bond donors (Lipinski definition) is 0. The Morgan fingerprint density at radius 1 is 1.35 bits per heavy atom. The number of hydrogen-bond acceptors (Lipinski definition) is 1. The Hall–Kier alpha value is 0.231. The molecule has 0 unspecified atom stereocenters. The maximum absolute atomic E-state index is 12.1. The third-order valence-corrected chi connectivity index (χ3v) is 1.76. The molecule has 0 saturated carbocycles. The molecule has 1 aromatic rings. The Morgan fingerprint density at radius 2 is 1.88 bits per heavy atom. The van der Waals surface area contributed by atoms with Crippen LogP contribution >= 0.6 is 0 Å². The third-order valence-electron chi connectivity index (χ3n) is 1.76. The van der Waals surface area contributed by atoms with E-state index in [0.29, 0.717) is 10.7 Å². The summed E-state index contributed by atoms with van der Waals surface area (Å²) in [4.78, 5) is 0. The van der Waals surface area contributed by atoms with Crippen LogP contribution in [0.4, 0.5) is 26.1 Å². The molecule has 0 fully saturated rings. The molecule has 0 aliphatic carbocycles. The van der Waals surface area contributed by atoms with Gasteiger partial charge in [0.15, 0.2) is 5.69 Å². The van der Waals surface area contributed by atoms with Crippen molar-refractivity contribution in [1.82, 2.24) is 9.78 Å². The molecule has 1 aromatic heterocycles. The van der Waals surface area contributed by atoms with E-state index in [2.05, 4.69) is 11.7 Å². The molecule has 1 rings (SSSR count). The van der Waals surface area contributed by atoms with Gasteiger partial charge < -0.3 is 12.9 Å². The van der Waals surface area contributed by atoms with Crippen molar-refractivity contribution >= 4 is 6.98 Å². The van der Waals surface area contributed by atoms with Crippen molar-refractivity contribution in [3.63, 3.8) is 0 Å². The van der Waals surface area contributed by atoms with Crippen molar-refractivity contribution in [1.29, 1.82) is 0 Å². The number of alkyl halides is 3. The van der Waals surface area contributed by atoms with Gasteiger partial charge in [-0.2, -0.15) is 18.3 Å². The summed E-state index contributed by atoms with van der Waals surface area (Å²) in [5.74, 6) is 0. The summed E-state index contributed by atoms with van der Waals surface area (Å²) in [6.07, 6.45) is -3.83. The number of halogens is 6. The molecular formula is C7H6BF6KN2. The zero-order valence-electron chi connectivity index (χ0n) is 8.81. The normalized spacial score (nSPS) is 12.1. The van der Waals surface area contributed by atoms with Gasteiger partial charge in [0.2, 0.25) is 0 Å². The smallest absolute Gasteiger partial charge is 0.445 e. The van der Waals surface area contributed by atoms with Crippen LogP contribution in [0.15, 0.2) is 24.3 Å². The van der Waals surface area contributed by atoms with Crippen molar-refractivity contribution < 1.29 is 77.5 Å². The van der Waals surface area contributed by atoms with Gasteiger partial charge in [0, 0.05) is 12.7 Å². The minimum atomic E-state index is -5.26. The molecule has 0 aromatic carbocycles. The molecule has 1 heterocycles. The average Bonchev–Trinajstić information content (AvgIpc) is 2.49. The van der Waals surface area contributed by atoms with E-state index in [-0.39, 0.29) is 51.4 Å². The average molecular weight is 282 g/mol. The standard InChI is InChI=1S/C7H6BF6N2.K/c1-5(8(12,13)14)4-16-3-2-6(15-16)7(9,10)11;/h2-3H,1,4H2;/q-1;+1. The van der Waals surface area contributed by atoms with Gasteiger partial charge in [-0.3, -0.25) is 4.68 Å². The summed E-state index contributed by atoms with van der Waals surface area (Å²) in [7, 11) is 0. The minimum Gasteiger partial charge on any atom is -0.445 e. The molecular weight excluding hydrogens is 276 g/mol. The van der Waals surface area contributed by atoms with Crippen molar-refractivity contribution in [3.8, 4) is 0 Å². The molecule has 10 heteroatoms. The fourth-order valence-electron chi connectivity index (χ4n) is 0.913. The summed E-state index contributed by atoms with van der Waals surface area (Å²) in [5, 5.41) is 2.98. The Balaban J connectivity index is 0.00000256. The van der Waals surface area contributed by atoms with E-state index in [9.17, 15) is 26.1 Å². The summed E-state index contributed by atoms with van der Waals surface area (Å²) < 4.78 is 72.9. The van der Waals surface area contributed by atoms with E-state index < -0.39 is 30.9 Å². The molecule has 0 amide bonds. The predicted molar refractivity (Wildman–Crippen MR) is 45.4 cm³/mol. The molecule has 0 spiro atoms. The Bertz CT molecular complexity index is 396. The second kappa shape index (κ2) is 5.91. The van der Waals surface area contributed by atoms with Crippen molar-refractivity contribution in [2.24, 2.45) is 0 Å².